The highest BCUT2D eigenvalue weighted by atomic mass is 16.6. The molecule has 0 bridgehead atoms. The molecule has 16 heavy (non-hydrogen) atoms. The van der Waals surface area contributed by atoms with E-state index in [2.05, 4.69) is 4.98 Å². The molecule has 0 radical (unpaired) electrons. The molecule has 1 aromatic carbocycles. The number of hydrogen-bond acceptors (Lipinski definition) is 4. The summed E-state index contributed by atoms with van der Waals surface area (Å²) in [6.07, 6.45) is 0. The lowest BCUT2D eigenvalue weighted by atomic mass is 10.1. The van der Waals surface area contributed by atoms with Crippen LogP contribution < -0.4 is 0 Å². The van der Waals surface area contributed by atoms with Gasteiger partial charge in [0.05, 0.1) is 4.92 Å². The summed E-state index contributed by atoms with van der Waals surface area (Å²) in [4.78, 5) is 12.2. The Hall–Kier alpha value is -2.50. The molecule has 6 nitrogen and oxygen atoms in total. The number of rotatable bonds is 2. The van der Waals surface area contributed by atoms with Gasteiger partial charge in [0.15, 0.2) is 11.8 Å². The molecule has 2 aromatic rings. The minimum Gasteiger partial charge on any atom is -0.494 e. The molecule has 2 rings (SSSR count). The first-order valence-corrected chi connectivity index (χ1v) is 4.43. The van der Waals surface area contributed by atoms with E-state index in [0.717, 1.165) is 0 Å². The predicted molar refractivity (Wildman–Crippen MR) is 56.2 cm³/mol. The Labute approximate surface area is 89.9 Å². The third-order valence-electron chi connectivity index (χ3n) is 2.17. The first kappa shape index (κ1) is 10.0. The van der Waals surface area contributed by atoms with Gasteiger partial charge in [-0.25, -0.2) is 0 Å². The largest absolute Gasteiger partial charge is 0.494 e. The monoisotopic (exact) mass is 220 g/mol. The van der Waals surface area contributed by atoms with Crippen LogP contribution in [-0.2, 0) is 0 Å². The van der Waals surface area contributed by atoms with E-state index in [4.69, 9.17) is 5.11 Å². The molecule has 0 aliphatic heterocycles. The topological polar surface area (TPSA) is 99.4 Å². The number of aromatic amines is 1. The van der Waals surface area contributed by atoms with Crippen LogP contribution in [0, 0.1) is 10.1 Å². The van der Waals surface area contributed by atoms with Gasteiger partial charge in [-0.3, -0.25) is 15.1 Å². The van der Waals surface area contributed by atoms with E-state index in [9.17, 15) is 15.2 Å². The van der Waals surface area contributed by atoms with Crippen molar-refractivity contribution < 1.29 is 15.1 Å². The van der Waals surface area contributed by atoms with Crippen LogP contribution in [0.4, 0.5) is 5.69 Å². The number of hydrogen-bond donors (Lipinski definition) is 3. The number of nitro benzene ring substituents is 1. The number of H-pyrrole nitrogens is 1. The Kier molecular flexibility index (Phi) is 2.24. The van der Waals surface area contributed by atoms with Crippen molar-refractivity contribution >= 4 is 5.69 Å². The highest BCUT2D eigenvalue weighted by Gasteiger charge is 2.10. The molecule has 1 aromatic heterocycles. The maximum atomic E-state index is 10.4. The number of nitrogens with one attached hydrogen (secondary N) is 1. The summed E-state index contributed by atoms with van der Waals surface area (Å²) in [6.45, 7) is 0. The standard InChI is InChI=1S/C10H8N2O4/c13-9-5-8(10(14)11-9)6-1-3-7(4-2-6)12(15)16/h1-5,11,13-14H. The third kappa shape index (κ3) is 1.68. The average Bonchev–Trinajstić information content (AvgIpc) is 2.58. The van der Waals surface area contributed by atoms with Gasteiger partial charge in [-0.2, -0.15) is 0 Å². The summed E-state index contributed by atoms with van der Waals surface area (Å²) in [5, 5.41) is 29.0. The number of nitrogens with zero attached hydrogens (tertiary/aromatic N) is 1. The Bertz CT molecular complexity index is 530. The summed E-state index contributed by atoms with van der Waals surface area (Å²) < 4.78 is 0. The van der Waals surface area contributed by atoms with Crippen molar-refractivity contribution in [3.05, 3.63) is 40.4 Å². The van der Waals surface area contributed by atoms with Gasteiger partial charge in [0.1, 0.15) is 0 Å². The SMILES string of the molecule is O=[N+]([O-])c1ccc(-c2cc(O)[nH]c2O)cc1. The zero-order chi connectivity index (χ0) is 11.7. The second-order valence-electron chi connectivity index (χ2n) is 3.22. The van der Waals surface area contributed by atoms with Crippen molar-refractivity contribution in [3.63, 3.8) is 0 Å². The van der Waals surface area contributed by atoms with Gasteiger partial charge in [0, 0.05) is 23.8 Å². The van der Waals surface area contributed by atoms with E-state index in [1.807, 2.05) is 0 Å². The lowest BCUT2D eigenvalue weighted by Gasteiger charge is -1.98. The Morgan fingerprint density at radius 1 is 1.19 bits per heavy atom. The molecule has 1 heterocycles. The molecular weight excluding hydrogens is 212 g/mol. The van der Waals surface area contributed by atoms with Crippen LogP contribution in [0.5, 0.6) is 11.8 Å². The van der Waals surface area contributed by atoms with E-state index in [-0.39, 0.29) is 17.4 Å². The lowest BCUT2D eigenvalue weighted by molar-refractivity contribution is -0.384. The van der Waals surface area contributed by atoms with Crippen molar-refractivity contribution in [2.75, 3.05) is 0 Å². The van der Waals surface area contributed by atoms with Gasteiger partial charge < -0.3 is 10.2 Å². The zero-order valence-electron chi connectivity index (χ0n) is 8.04. The molecule has 0 saturated carbocycles. The van der Waals surface area contributed by atoms with E-state index < -0.39 is 4.92 Å². The molecule has 0 saturated heterocycles. The van der Waals surface area contributed by atoms with Crippen molar-refractivity contribution in [1.29, 1.82) is 0 Å². The van der Waals surface area contributed by atoms with Gasteiger partial charge in [-0.1, -0.05) is 0 Å². The number of aromatic hydroxyl groups is 2. The molecule has 6 heteroatoms. The normalized spacial score (nSPS) is 10.2. The summed E-state index contributed by atoms with van der Waals surface area (Å²) in [7, 11) is 0. The summed E-state index contributed by atoms with van der Waals surface area (Å²) in [5.41, 5.74) is 0.954. The first-order chi connectivity index (χ1) is 7.58. The molecule has 0 amide bonds. The third-order valence-corrected chi connectivity index (χ3v) is 2.17. The lowest BCUT2D eigenvalue weighted by Crippen LogP contribution is -1.86. The minimum atomic E-state index is -0.502. The Balaban J connectivity index is 2.42. The molecule has 0 aliphatic rings. The summed E-state index contributed by atoms with van der Waals surface area (Å²) >= 11 is 0. The van der Waals surface area contributed by atoms with Crippen molar-refractivity contribution in [3.8, 4) is 22.9 Å². The van der Waals surface area contributed by atoms with Crippen LogP contribution in [0.25, 0.3) is 11.1 Å². The molecule has 0 fully saturated rings. The molecule has 0 unspecified atom stereocenters. The van der Waals surface area contributed by atoms with Crippen LogP contribution in [0.3, 0.4) is 0 Å². The highest BCUT2D eigenvalue weighted by molar-refractivity contribution is 5.71. The van der Waals surface area contributed by atoms with E-state index >= 15 is 0 Å². The number of aromatic nitrogens is 1. The van der Waals surface area contributed by atoms with Gasteiger partial charge in [0.25, 0.3) is 5.69 Å². The van der Waals surface area contributed by atoms with Gasteiger partial charge in [-0.05, 0) is 17.7 Å². The zero-order valence-corrected chi connectivity index (χ0v) is 8.04. The smallest absolute Gasteiger partial charge is 0.269 e. The van der Waals surface area contributed by atoms with Crippen LogP contribution in [0.1, 0.15) is 0 Å². The van der Waals surface area contributed by atoms with Crippen LogP contribution in [-0.4, -0.2) is 20.1 Å². The molecule has 0 atom stereocenters. The maximum absolute atomic E-state index is 10.4. The van der Waals surface area contributed by atoms with Crippen LogP contribution >= 0.6 is 0 Å². The van der Waals surface area contributed by atoms with E-state index in [1.54, 1.807) is 0 Å². The van der Waals surface area contributed by atoms with E-state index in [1.165, 1.54) is 30.3 Å². The molecule has 82 valence electrons. The second-order valence-corrected chi connectivity index (χ2v) is 3.22. The average molecular weight is 220 g/mol. The molecule has 0 spiro atoms. The van der Waals surface area contributed by atoms with E-state index in [0.29, 0.717) is 11.1 Å². The van der Waals surface area contributed by atoms with Crippen molar-refractivity contribution in [2.45, 2.75) is 0 Å². The summed E-state index contributed by atoms with van der Waals surface area (Å²) in [5.74, 6) is -0.336. The Morgan fingerprint density at radius 2 is 1.81 bits per heavy atom. The molecule has 3 N–H and O–H groups in total. The second kappa shape index (κ2) is 3.58. The van der Waals surface area contributed by atoms with Gasteiger partial charge in [-0.15, -0.1) is 0 Å². The predicted octanol–water partition coefficient (Wildman–Crippen LogP) is 2.00. The number of nitro groups is 1. The molecule has 0 aliphatic carbocycles. The fraction of sp³-hybridized carbons (Fsp3) is 0. The fourth-order valence-corrected chi connectivity index (χ4v) is 1.41. The highest BCUT2D eigenvalue weighted by Crippen LogP contribution is 2.32. The fourth-order valence-electron chi connectivity index (χ4n) is 1.41. The van der Waals surface area contributed by atoms with Crippen LogP contribution in [0.15, 0.2) is 30.3 Å². The minimum absolute atomic E-state index is 0.0250. The first-order valence-electron chi connectivity index (χ1n) is 4.43. The summed E-state index contributed by atoms with van der Waals surface area (Å²) in [6, 6.07) is 7.01. The van der Waals surface area contributed by atoms with Gasteiger partial charge >= 0.3 is 0 Å². The Morgan fingerprint density at radius 3 is 2.25 bits per heavy atom. The quantitative estimate of drug-likeness (QED) is 0.532. The maximum Gasteiger partial charge on any atom is 0.269 e. The number of benzene rings is 1. The molecular formula is C10H8N2O4. The van der Waals surface area contributed by atoms with Crippen LogP contribution in [0.2, 0.25) is 0 Å². The number of non-ortho nitro benzene ring substituents is 1. The van der Waals surface area contributed by atoms with Crippen molar-refractivity contribution in [1.82, 2.24) is 4.98 Å². The van der Waals surface area contributed by atoms with Crippen molar-refractivity contribution in [2.24, 2.45) is 0 Å². The van der Waals surface area contributed by atoms with Gasteiger partial charge in [0.2, 0.25) is 0 Å².